The molecule has 0 saturated heterocycles. The molecule has 236 valence electrons. The van der Waals surface area contributed by atoms with Gasteiger partial charge in [0.15, 0.2) is 0 Å². The molecule has 9 heteroatoms. The Morgan fingerprint density at radius 2 is 1.38 bits per heavy atom. The Bertz CT molecular complexity index is 1680. The van der Waals surface area contributed by atoms with Crippen LogP contribution in [0, 0.1) is 13.8 Å². The van der Waals surface area contributed by atoms with E-state index in [1.165, 1.54) is 29.2 Å². The van der Waals surface area contributed by atoms with Gasteiger partial charge in [-0.25, -0.2) is 8.42 Å². The van der Waals surface area contributed by atoms with Crippen molar-refractivity contribution < 1.29 is 18.0 Å². The van der Waals surface area contributed by atoms with Crippen LogP contribution in [-0.4, -0.2) is 43.8 Å². The van der Waals surface area contributed by atoms with Gasteiger partial charge in [0.1, 0.15) is 12.6 Å². The van der Waals surface area contributed by atoms with Crippen LogP contribution >= 0.6 is 11.6 Å². The fraction of sp³-hybridized carbons (Fsp3) is 0.278. The average Bonchev–Trinajstić information content (AvgIpc) is 3.03. The summed E-state index contributed by atoms with van der Waals surface area (Å²) < 4.78 is 29.3. The number of carbonyl (C=O) groups is 2. The zero-order chi connectivity index (χ0) is 32.6. The van der Waals surface area contributed by atoms with Crippen molar-refractivity contribution in [3.8, 4) is 0 Å². The first kappa shape index (κ1) is 33.7. The summed E-state index contributed by atoms with van der Waals surface area (Å²) in [6.45, 7) is 7.38. The number of sulfonamides is 1. The lowest BCUT2D eigenvalue weighted by Crippen LogP contribution is -2.54. The van der Waals surface area contributed by atoms with Gasteiger partial charge in [0.2, 0.25) is 11.8 Å². The lowest BCUT2D eigenvalue weighted by Gasteiger charge is -2.34. The average molecular weight is 646 g/mol. The van der Waals surface area contributed by atoms with Gasteiger partial charge in [-0.2, -0.15) is 0 Å². The molecule has 0 fully saturated rings. The van der Waals surface area contributed by atoms with E-state index in [-0.39, 0.29) is 29.8 Å². The van der Waals surface area contributed by atoms with Gasteiger partial charge in [0, 0.05) is 24.0 Å². The zero-order valence-electron chi connectivity index (χ0n) is 26.1. The minimum Gasteiger partial charge on any atom is -0.352 e. The fourth-order valence-electron chi connectivity index (χ4n) is 4.86. The Labute approximate surface area is 271 Å². The monoisotopic (exact) mass is 645 g/mol. The van der Waals surface area contributed by atoms with Crippen molar-refractivity contribution in [3.05, 3.63) is 130 Å². The summed E-state index contributed by atoms with van der Waals surface area (Å²) in [6, 6.07) is 29.1. The van der Waals surface area contributed by atoms with Crippen LogP contribution in [0.4, 0.5) is 5.69 Å². The molecule has 0 radical (unpaired) electrons. The van der Waals surface area contributed by atoms with Crippen LogP contribution in [-0.2, 0) is 32.6 Å². The molecule has 0 aliphatic rings. The molecule has 4 aromatic rings. The molecule has 0 aliphatic carbocycles. The summed E-state index contributed by atoms with van der Waals surface area (Å²) >= 11 is 6.06. The van der Waals surface area contributed by atoms with E-state index in [0.29, 0.717) is 10.7 Å². The maximum atomic E-state index is 14.5. The number of anilines is 1. The summed E-state index contributed by atoms with van der Waals surface area (Å²) in [6.07, 6.45) is 0.978. The summed E-state index contributed by atoms with van der Waals surface area (Å²) in [7, 11) is -4.19. The highest BCUT2D eigenvalue weighted by Crippen LogP contribution is 2.26. The predicted octanol–water partition coefficient (Wildman–Crippen LogP) is 6.71. The number of rotatable bonds is 13. The van der Waals surface area contributed by atoms with Gasteiger partial charge < -0.3 is 10.2 Å². The van der Waals surface area contributed by atoms with Crippen LogP contribution in [0.15, 0.2) is 108 Å². The number of halogens is 1. The molecule has 7 nitrogen and oxygen atoms in total. The molecule has 0 heterocycles. The molecule has 2 amide bonds. The number of carbonyl (C=O) groups excluding carboxylic acids is 2. The van der Waals surface area contributed by atoms with E-state index in [1.807, 2.05) is 82.3 Å². The number of hydrogen-bond acceptors (Lipinski definition) is 4. The van der Waals surface area contributed by atoms with Crippen molar-refractivity contribution in [2.45, 2.75) is 64.1 Å². The van der Waals surface area contributed by atoms with E-state index in [0.717, 1.165) is 33.0 Å². The normalized spacial score (nSPS) is 12.6. The second kappa shape index (κ2) is 15.2. The quantitative estimate of drug-likeness (QED) is 0.175. The molecule has 4 aromatic carbocycles. The highest BCUT2D eigenvalue weighted by Gasteiger charge is 2.35. The molecule has 4 rings (SSSR count). The molecular formula is C36H40ClN3O4S. The Balaban J connectivity index is 1.80. The van der Waals surface area contributed by atoms with Gasteiger partial charge >= 0.3 is 0 Å². The number of aryl methyl sites for hydroxylation is 2. The maximum absolute atomic E-state index is 14.5. The van der Waals surface area contributed by atoms with Gasteiger partial charge in [-0.15, -0.1) is 0 Å². The number of amides is 2. The maximum Gasteiger partial charge on any atom is 0.264 e. The number of nitrogens with one attached hydrogen (secondary N) is 1. The largest absolute Gasteiger partial charge is 0.352 e. The van der Waals surface area contributed by atoms with Crippen LogP contribution in [0.1, 0.15) is 42.5 Å². The van der Waals surface area contributed by atoms with Crippen LogP contribution in [0.5, 0.6) is 0 Å². The predicted molar refractivity (Wildman–Crippen MR) is 181 cm³/mol. The van der Waals surface area contributed by atoms with E-state index >= 15 is 0 Å². The van der Waals surface area contributed by atoms with Gasteiger partial charge in [0.25, 0.3) is 10.0 Å². The molecule has 0 spiro atoms. The minimum absolute atomic E-state index is 0.000656. The Morgan fingerprint density at radius 3 is 1.96 bits per heavy atom. The van der Waals surface area contributed by atoms with Gasteiger partial charge in [-0.05, 0) is 74.7 Å². The summed E-state index contributed by atoms with van der Waals surface area (Å²) in [4.78, 5) is 29.9. The van der Waals surface area contributed by atoms with Crippen LogP contribution in [0.2, 0.25) is 5.02 Å². The fourth-order valence-corrected chi connectivity index (χ4v) is 6.40. The molecule has 0 bridgehead atoms. The minimum atomic E-state index is -4.19. The number of benzene rings is 4. The third-order valence-corrected chi connectivity index (χ3v) is 9.79. The lowest BCUT2D eigenvalue weighted by molar-refractivity contribution is -0.140. The molecular weight excluding hydrogens is 606 g/mol. The molecule has 1 N–H and O–H groups in total. The first-order valence-electron chi connectivity index (χ1n) is 15.0. The van der Waals surface area contributed by atoms with Crippen LogP contribution < -0.4 is 9.62 Å². The second-order valence-corrected chi connectivity index (χ2v) is 13.6. The SMILES string of the molecule is CC[C@@H](C)NC(=O)[C@@H](Cc1ccccc1)N(Cc1ccc(C)cc1)C(=O)CN(c1ccc(C)cc1)S(=O)(=O)c1ccc(Cl)cc1. The smallest absolute Gasteiger partial charge is 0.264 e. The molecule has 0 aromatic heterocycles. The molecule has 0 saturated carbocycles. The van der Waals surface area contributed by atoms with E-state index < -0.39 is 28.5 Å². The Kier molecular flexibility index (Phi) is 11.4. The van der Waals surface area contributed by atoms with Crippen molar-refractivity contribution in [1.82, 2.24) is 10.2 Å². The van der Waals surface area contributed by atoms with Gasteiger partial charge in [0.05, 0.1) is 10.6 Å². The third-order valence-electron chi connectivity index (χ3n) is 7.75. The Morgan fingerprint density at radius 1 is 0.800 bits per heavy atom. The highest BCUT2D eigenvalue weighted by atomic mass is 35.5. The zero-order valence-corrected chi connectivity index (χ0v) is 27.7. The van der Waals surface area contributed by atoms with Crippen molar-refractivity contribution >= 4 is 39.1 Å². The van der Waals surface area contributed by atoms with Gasteiger partial charge in [-0.1, -0.05) is 96.4 Å². The first-order valence-corrected chi connectivity index (χ1v) is 16.8. The molecule has 0 aliphatic heterocycles. The Hall–Kier alpha value is -4.14. The third kappa shape index (κ3) is 8.96. The van der Waals surface area contributed by atoms with Crippen molar-refractivity contribution in [2.24, 2.45) is 0 Å². The summed E-state index contributed by atoms with van der Waals surface area (Å²) in [5, 5.41) is 3.45. The summed E-state index contributed by atoms with van der Waals surface area (Å²) in [5.74, 6) is -0.801. The lowest BCUT2D eigenvalue weighted by atomic mass is 10.0. The van der Waals surface area contributed by atoms with E-state index in [9.17, 15) is 18.0 Å². The standard InChI is InChI=1S/C36H40ClN3O4S/c1-5-28(4)38-36(42)34(23-29-9-7-6-8-10-29)39(24-30-15-11-26(2)12-16-30)35(41)25-40(32-19-13-27(3)14-20-32)45(43,44)33-21-17-31(37)18-22-33/h6-22,28,34H,5,23-25H2,1-4H3,(H,38,42)/t28-,34-/m1/s1. The first-order chi connectivity index (χ1) is 21.5. The molecule has 2 atom stereocenters. The number of nitrogens with zero attached hydrogens (tertiary/aromatic N) is 2. The van der Waals surface area contributed by atoms with Crippen LogP contribution in [0.25, 0.3) is 0 Å². The summed E-state index contributed by atoms with van der Waals surface area (Å²) in [5.41, 5.74) is 4.05. The molecule has 45 heavy (non-hydrogen) atoms. The van der Waals surface area contributed by atoms with Gasteiger partial charge in [-0.3, -0.25) is 13.9 Å². The van der Waals surface area contributed by atoms with E-state index in [4.69, 9.17) is 11.6 Å². The number of hydrogen-bond donors (Lipinski definition) is 1. The topological polar surface area (TPSA) is 86.8 Å². The van der Waals surface area contributed by atoms with Crippen molar-refractivity contribution in [1.29, 1.82) is 0 Å². The highest BCUT2D eigenvalue weighted by molar-refractivity contribution is 7.92. The van der Waals surface area contributed by atoms with E-state index in [1.54, 1.807) is 24.3 Å². The second-order valence-electron chi connectivity index (χ2n) is 11.3. The van der Waals surface area contributed by atoms with Crippen LogP contribution in [0.3, 0.4) is 0 Å². The van der Waals surface area contributed by atoms with Crippen molar-refractivity contribution in [3.63, 3.8) is 0 Å². The van der Waals surface area contributed by atoms with E-state index in [2.05, 4.69) is 5.32 Å². The van der Waals surface area contributed by atoms with Crippen molar-refractivity contribution in [2.75, 3.05) is 10.8 Å². The molecule has 0 unspecified atom stereocenters.